The van der Waals surface area contributed by atoms with E-state index >= 15 is 0 Å². The first-order valence-electron chi connectivity index (χ1n) is 7.33. The van der Waals surface area contributed by atoms with Crippen molar-refractivity contribution in [2.75, 3.05) is 19.8 Å². The summed E-state index contributed by atoms with van der Waals surface area (Å²) in [5.74, 6) is 0.574. The lowest BCUT2D eigenvalue weighted by Crippen LogP contribution is -2.59. The molecule has 0 bridgehead atoms. The van der Waals surface area contributed by atoms with E-state index in [4.69, 9.17) is 10.5 Å². The van der Waals surface area contributed by atoms with Crippen molar-refractivity contribution in [2.45, 2.75) is 58.5 Å². The Hall–Kier alpha value is -0.120. The number of hydrogen-bond donors (Lipinski definition) is 2. The molecule has 0 aromatic heterocycles. The molecule has 0 spiro atoms. The number of aliphatic hydroxyl groups is 1. The molecule has 2 fully saturated rings. The van der Waals surface area contributed by atoms with Crippen LogP contribution in [0.25, 0.3) is 0 Å². The van der Waals surface area contributed by atoms with Crippen molar-refractivity contribution in [3.8, 4) is 0 Å². The fraction of sp³-hybridized carbons (Fsp3) is 1.00. The zero-order chi connectivity index (χ0) is 13.4. The first-order valence-corrected chi connectivity index (χ1v) is 7.33. The van der Waals surface area contributed by atoms with Gasteiger partial charge in [-0.1, -0.05) is 20.8 Å². The van der Waals surface area contributed by atoms with Gasteiger partial charge in [0.2, 0.25) is 0 Å². The maximum absolute atomic E-state index is 11.3. The van der Waals surface area contributed by atoms with Crippen LogP contribution in [0.5, 0.6) is 0 Å². The molecule has 0 amide bonds. The van der Waals surface area contributed by atoms with Crippen molar-refractivity contribution >= 4 is 0 Å². The van der Waals surface area contributed by atoms with Crippen LogP contribution in [0.4, 0.5) is 0 Å². The van der Waals surface area contributed by atoms with Gasteiger partial charge in [-0.25, -0.2) is 0 Å². The molecule has 2 atom stereocenters. The molecule has 2 unspecified atom stereocenters. The molecule has 1 aliphatic heterocycles. The van der Waals surface area contributed by atoms with Crippen LogP contribution in [0.1, 0.15) is 52.9 Å². The molecule has 2 rings (SSSR count). The topological polar surface area (TPSA) is 55.5 Å². The minimum Gasteiger partial charge on any atom is -0.389 e. The van der Waals surface area contributed by atoms with Gasteiger partial charge in [-0.3, -0.25) is 0 Å². The Morgan fingerprint density at radius 2 is 1.83 bits per heavy atom. The van der Waals surface area contributed by atoms with E-state index in [0.29, 0.717) is 12.5 Å². The van der Waals surface area contributed by atoms with Gasteiger partial charge < -0.3 is 15.6 Å². The van der Waals surface area contributed by atoms with E-state index in [1.54, 1.807) is 0 Å². The maximum Gasteiger partial charge on any atom is 0.0725 e. The second-order valence-corrected chi connectivity index (χ2v) is 7.48. The summed E-state index contributed by atoms with van der Waals surface area (Å²) in [7, 11) is 0. The Morgan fingerprint density at radius 1 is 1.22 bits per heavy atom. The molecule has 1 saturated heterocycles. The summed E-state index contributed by atoms with van der Waals surface area (Å²) < 4.78 is 5.47. The first-order chi connectivity index (χ1) is 8.33. The Kier molecular flexibility index (Phi) is 3.79. The molecular formula is C15H29NO2. The van der Waals surface area contributed by atoms with Crippen molar-refractivity contribution in [3.05, 3.63) is 0 Å². The zero-order valence-corrected chi connectivity index (χ0v) is 12.2. The number of ether oxygens (including phenoxy) is 1. The van der Waals surface area contributed by atoms with E-state index in [1.165, 1.54) is 6.42 Å². The van der Waals surface area contributed by atoms with E-state index in [-0.39, 0.29) is 10.8 Å². The SMILES string of the molecule is CC1CC(C)(C)CC(O)(C2(CN)CCOCC2)C1. The molecule has 0 radical (unpaired) electrons. The smallest absolute Gasteiger partial charge is 0.0725 e. The van der Waals surface area contributed by atoms with Crippen molar-refractivity contribution in [2.24, 2.45) is 22.5 Å². The highest BCUT2D eigenvalue weighted by molar-refractivity contribution is 5.06. The fourth-order valence-electron chi connectivity index (χ4n) is 4.55. The van der Waals surface area contributed by atoms with Crippen LogP contribution in [0.3, 0.4) is 0 Å². The minimum atomic E-state index is -0.604. The molecule has 18 heavy (non-hydrogen) atoms. The standard InChI is InChI=1S/C15H29NO2/c1-12-8-13(2,3)10-15(17,9-12)14(11-16)4-6-18-7-5-14/h12,17H,4-11,16H2,1-3H3. The lowest BCUT2D eigenvalue weighted by molar-refractivity contribution is -0.174. The molecule has 0 aromatic carbocycles. The molecule has 2 aliphatic rings. The van der Waals surface area contributed by atoms with Gasteiger partial charge in [0, 0.05) is 25.2 Å². The van der Waals surface area contributed by atoms with Crippen molar-refractivity contribution in [1.29, 1.82) is 0 Å². The summed E-state index contributed by atoms with van der Waals surface area (Å²) in [4.78, 5) is 0. The van der Waals surface area contributed by atoms with Crippen LogP contribution in [0, 0.1) is 16.7 Å². The van der Waals surface area contributed by atoms with Gasteiger partial charge in [0.1, 0.15) is 0 Å². The van der Waals surface area contributed by atoms with Gasteiger partial charge >= 0.3 is 0 Å². The van der Waals surface area contributed by atoms with Gasteiger partial charge in [0.15, 0.2) is 0 Å². The summed E-state index contributed by atoms with van der Waals surface area (Å²) in [6.45, 7) is 8.88. The second kappa shape index (κ2) is 4.77. The summed E-state index contributed by atoms with van der Waals surface area (Å²) in [5.41, 5.74) is 5.56. The largest absolute Gasteiger partial charge is 0.389 e. The fourth-order valence-corrected chi connectivity index (χ4v) is 4.55. The zero-order valence-electron chi connectivity index (χ0n) is 12.2. The predicted molar refractivity (Wildman–Crippen MR) is 73.3 cm³/mol. The molecule has 3 nitrogen and oxygen atoms in total. The lowest BCUT2D eigenvalue weighted by atomic mass is 9.54. The number of hydrogen-bond acceptors (Lipinski definition) is 3. The maximum atomic E-state index is 11.3. The van der Waals surface area contributed by atoms with Gasteiger partial charge in [-0.05, 0) is 43.4 Å². The molecule has 3 N–H and O–H groups in total. The first kappa shape index (κ1) is 14.3. The average Bonchev–Trinajstić information content (AvgIpc) is 2.26. The van der Waals surface area contributed by atoms with E-state index in [9.17, 15) is 5.11 Å². The van der Waals surface area contributed by atoms with Crippen molar-refractivity contribution in [3.63, 3.8) is 0 Å². The highest BCUT2D eigenvalue weighted by Gasteiger charge is 2.54. The van der Waals surface area contributed by atoms with Crippen LogP contribution < -0.4 is 5.73 Å². The molecule has 1 aliphatic carbocycles. The third-order valence-electron chi connectivity index (χ3n) is 5.19. The highest BCUT2D eigenvalue weighted by Crippen LogP contribution is 2.54. The van der Waals surface area contributed by atoms with Gasteiger partial charge in [0.05, 0.1) is 5.60 Å². The quantitative estimate of drug-likeness (QED) is 0.796. The van der Waals surface area contributed by atoms with Gasteiger partial charge in [-0.15, -0.1) is 0 Å². The molecule has 106 valence electrons. The summed E-state index contributed by atoms with van der Waals surface area (Å²) in [5, 5.41) is 11.3. The van der Waals surface area contributed by atoms with Crippen LogP contribution in [-0.2, 0) is 4.74 Å². The summed E-state index contributed by atoms with van der Waals surface area (Å²) in [6.07, 6.45) is 4.78. The van der Waals surface area contributed by atoms with Crippen LogP contribution in [0.15, 0.2) is 0 Å². The van der Waals surface area contributed by atoms with E-state index in [2.05, 4.69) is 20.8 Å². The minimum absolute atomic E-state index is 0.128. The normalized spacial score (nSPS) is 39.5. The highest BCUT2D eigenvalue weighted by atomic mass is 16.5. The Bertz CT molecular complexity index is 297. The molecule has 3 heteroatoms. The van der Waals surface area contributed by atoms with Crippen LogP contribution in [-0.4, -0.2) is 30.5 Å². The predicted octanol–water partition coefficient (Wildman–Crippen LogP) is 2.32. The Balaban J connectivity index is 2.27. The van der Waals surface area contributed by atoms with Gasteiger partial charge in [-0.2, -0.15) is 0 Å². The van der Waals surface area contributed by atoms with Gasteiger partial charge in [0.25, 0.3) is 0 Å². The van der Waals surface area contributed by atoms with E-state index < -0.39 is 5.60 Å². The third kappa shape index (κ3) is 2.45. The summed E-state index contributed by atoms with van der Waals surface area (Å²) >= 11 is 0. The number of rotatable bonds is 2. The Labute approximate surface area is 111 Å². The van der Waals surface area contributed by atoms with Crippen molar-refractivity contribution < 1.29 is 9.84 Å². The number of nitrogens with two attached hydrogens (primary N) is 1. The van der Waals surface area contributed by atoms with E-state index in [1.807, 2.05) is 0 Å². The monoisotopic (exact) mass is 255 g/mol. The summed E-state index contributed by atoms with van der Waals surface area (Å²) in [6, 6.07) is 0. The van der Waals surface area contributed by atoms with Crippen LogP contribution >= 0.6 is 0 Å². The molecule has 1 saturated carbocycles. The molecule has 1 heterocycles. The van der Waals surface area contributed by atoms with E-state index in [0.717, 1.165) is 38.9 Å². The van der Waals surface area contributed by atoms with Crippen molar-refractivity contribution in [1.82, 2.24) is 0 Å². The van der Waals surface area contributed by atoms with Crippen LogP contribution in [0.2, 0.25) is 0 Å². The second-order valence-electron chi connectivity index (χ2n) is 7.48. The third-order valence-corrected chi connectivity index (χ3v) is 5.19. The lowest BCUT2D eigenvalue weighted by Gasteiger charge is -2.55. The molecular weight excluding hydrogens is 226 g/mol. The average molecular weight is 255 g/mol. The molecule has 0 aromatic rings. The Morgan fingerprint density at radius 3 is 2.33 bits per heavy atom.